The largest absolute Gasteiger partial charge is 0.477 e. The predicted molar refractivity (Wildman–Crippen MR) is 96.4 cm³/mol. The third kappa shape index (κ3) is 2.81. The summed E-state index contributed by atoms with van der Waals surface area (Å²) < 4.78 is 16.1. The van der Waals surface area contributed by atoms with Gasteiger partial charge in [-0.1, -0.05) is 27.5 Å². The number of aromatic nitrogens is 1. The molecule has 5 nitrogen and oxygen atoms in total. The molecule has 2 N–H and O–H groups in total. The van der Waals surface area contributed by atoms with Crippen molar-refractivity contribution in [3.05, 3.63) is 54.8 Å². The van der Waals surface area contributed by atoms with E-state index in [9.17, 15) is 19.1 Å². The zero-order valence-corrected chi connectivity index (χ0v) is 15.2. The summed E-state index contributed by atoms with van der Waals surface area (Å²) in [6.45, 7) is 0. The first-order valence-electron chi connectivity index (χ1n) is 6.57. The van der Waals surface area contributed by atoms with Crippen LogP contribution in [0.1, 0.15) is 9.67 Å². The van der Waals surface area contributed by atoms with Crippen LogP contribution in [0.15, 0.2) is 33.5 Å². The van der Waals surface area contributed by atoms with Crippen molar-refractivity contribution >= 4 is 66.4 Å². The first-order chi connectivity index (χ1) is 11.3. The molecule has 0 unspecified atom stereocenters. The van der Waals surface area contributed by atoms with Gasteiger partial charge >= 0.3 is 5.97 Å². The fourth-order valence-electron chi connectivity index (χ4n) is 2.28. The summed E-state index contributed by atoms with van der Waals surface area (Å²) in [5, 5.41) is 12.7. The van der Waals surface area contributed by atoms with Gasteiger partial charge in [-0.25, -0.2) is 9.18 Å². The molecule has 9 heteroatoms. The number of fused-ring (bicyclic) bond motifs is 1. The van der Waals surface area contributed by atoms with E-state index in [4.69, 9.17) is 11.6 Å². The third-order valence-electron chi connectivity index (χ3n) is 3.40. The molecule has 0 spiro atoms. The van der Waals surface area contributed by atoms with Gasteiger partial charge in [0.05, 0.1) is 26.6 Å². The van der Waals surface area contributed by atoms with E-state index in [0.29, 0.717) is 10.7 Å². The quantitative estimate of drug-likeness (QED) is 0.636. The Balaban J connectivity index is 2.31. The smallest absolute Gasteiger partial charge is 0.348 e. The van der Waals surface area contributed by atoms with Crippen LogP contribution in [0.4, 0.5) is 15.8 Å². The molecule has 0 saturated carbocycles. The monoisotopic (exact) mass is 430 g/mol. The zero-order chi connectivity index (χ0) is 17.6. The van der Waals surface area contributed by atoms with E-state index in [0.717, 1.165) is 21.9 Å². The lowest BCUT2D eigenvalue weighted by molar-refractivity contribution is 0.0703. The number of nitrogens with zero attached hydrogens (tertiary/aromatic N) is 1. The number of anilines is 2. The minimum absolute atomic E-state index is 0.0882. The van der Waals surface area contributed by atoms with Crippen LogP contribution in [0.25, 0.3) is 10.2 Å². The number of pyridine rings is 1. The molecule has 124 valence electrons. The van der Waals surface area contributed by atoms with Crippen LogP contribution in [-0.2, 0) is 7.05 Å². The predicted octanol–water partition coefficient (Wildman–Crippen LogP) is 4.60. The first-order valence-corrected chi connectivity index (χ1v) is 8.55. The molecular formula is C15H9BrClFN2O3S. The summed E-state index contributed by atoms with van der Waals surface area (Å²) in [7, 11) is 1.46. The molecule has 0 saturated heterocycles. The fourth-order valence-corrected chi connectivity index (χ4v) is 4.03. The summed E-state index contributed by atoms with van der Waals surface area (Å²) in [6.07, 6.45) is 0. The molecular weight excluding hydrogens is 423 g/mol. The lowest BCUT2D eigenvalue weighted by Gasteiger charge is -2.11. The summed E-state index contributed by atoms with van der Waals surface area (Å²) in [4.78, 5) is 23.3. The Morgan fingerprint density at radius 3 is 2.75 bits per heavy atom. The number of aryl methyl sites for hydroxylation is 1. The molecule has 2 heterocycles. The van der Waals surface area contributed by atoms with Crippen molar-refractivity contribution in [2.24, 2.45) is 7.05 Å². The van der Waals surface area contributed by atoms with Crippen LogP contribution in [0.3, 0.4) is 0 Å². The van der Waals surface area contributed by atoms with Gasteiger partial charge in [0.1, 0.15) is 10.7 Å². The first kappa shape index (κ1) is 16.9. The van der Waals surface area contributed by atoms with Crippen LogP contribution in [0.2, 0.25) is 5.02 Å². The van der Waals surface area contributed by atoms with Crippen molar-refractivity contribution in [3.63, 3.8) is 0 Å². The number of carboxylic acid groups (broad SMARTS) is 1. The molecule has 0 aliphatic carbocycles. The van der Waals surface area contributed by atoms with Gasteiger partial charge in [-0.3, -0.25) is 4.79 Å². The Morgan fingerprint density at radius 2 is 2.12 bits per heavy atom. The van der Waals surface area contributed by atoms with Crippen molar-refractivity contribution in [1.82, 2.24) is 4.57 Å². The van der Waals surface area contributed by atoms with E-state index < -0.39 is 17.3 Å². The molecule has 2 aromatic heterocycles. The molecule has 1 aromatic carbocycles. The van der Waals surface area contributed by atoms with E-state index in [1.807, 2.05) is 0 Å². The second-order valence-electron chi connectivity index (χ2n) is 4.93. The Morgan fingerprint density at radius 1 is 1.42 bits per heavy atom. The van der Waals surface area contributed by atoms with Gasteiger partial charge in [-0.05, 0) is 18.2 Å². The Kier molecular flexibility index (Phi) is 4.37. The molecule has 0 aliphatic heterocycles. The summed E-state index contributed by atoms with van der Waals surface area (Å²) in [5.74, 6) is -1.98. The van der Waals surface area contributed by atoms with Gasteiger partial charge in [0.25, 0.3) is 5.56 Å². The SMILES string of the molecule is Cn1c(=O)cc(F)c2sc(C(=O)O)c(Nc3ccc(Br)cc3Cl)c21. The highest BCUT2D eigenvalue weighted by Gasteiger charge is 2.23. The van der Waals surface area contributed by atoms with Crippen LogP contribution in [-0.4, -0.2) is 15.6 Å². The van der Waals surface area contributed by atoms with E-state index in [1.165, 1.54) is 11.6 Å². The van der Waals surface area contributed by atoms with Crippen molar-refractivity contribution in [1.29, 1.82) is 0 Å². The topological polar surface area (TPSA) is 71.3 Å². The summed E-state index contributed by atoms with van der Waals surface area (Å²) >= 11 is 10.2. The average Bonchev–Trinajstić information content (AvgIpc) is 2.88. The lowest BCUT2D eigenvalue weighted by Crippen LogP contribution is -2.16. The number of halogens is 3. The van der Waals surface area contributed by atoms with Crippen LogP contribution < -0.4 is 10.9 Å². The second kappa shape index (κ2) is 6.19. The third-order valence-corrected chi connectivity index (χ3v) is 5.38. The minimum atomic E-state index is -1.22. The highest BCUT2D eigenvalue weighted by molar-refractivity contribution is 9.10. The standard InChI is InChI=1S/C15H9BrClFN2O3S/c1-20-10(21)5-8(18)13-12(20)11(14(24-13)15(22)23)19-9-3-2-6(16)4-7(9)17/h2-5,19H,1H3,(H,22,23). The number of carbonyl (C=O) groups is 1. The van der Waals surface area contributed by atoms with Gasteiger partial charge in [0.2, 0.25) is 0 Å². The van der Waals surface area contributed by atoms with Gasteiger partial charge in [0, 0.05) is 17.6 Å². The number of nitrogens with one attached hydrogen (secondary N) is 1. The maximum atomic E-state index is 14.1. The number of carboxylic acids is 1. The van der Waals surface area contributed by atoms with Crippen molar-refractivity contribution in [2.45, 2.75) is 0 Å². The Bertz CT molecular complexity index is 1050. The zero-order valence-electron chi connectivity index (χ0n) is 12.1. The Hall–Kier alpha value is -1.90. The van der Waals surface area contributed by atoms with Crippen molar-refractivity contribution in [3.8, 4) is 0 Å². The number of benzene rings is 1. The highest BCUT2D eigenvalue weighted by atomic mass is 79.9. The van der Waals surface area contributed by atoms with Gasteiger partial charge in [0.15, 0.2) is 0 Å². The fraction of sp³-hybridized carbons (Fsp3) is 0.0667. The number of thiophene rings is 1. The minimum Gasteiger partial charge on any atom is -0.477 e. The molecule has 0 radical (unpaired) electrons. The number of hydrogen-bond donors (Lipinski definition) is 2. The molecule has 0 amide bonds. The van der Waals surface area contributed by atoms with Gasteiger partial charge in [-0.15, -0.1) is 11.3 Å². The maximum absolute atomic E-state index is 14.1. The van der Waals surface area contributed by atoms with E-state index in [1.54, 1.807) is 18.2 Å². The lowest BCUT2D eigenvalue weighted by atomic mass is 10.2. The average molecular weight is 432 g/mol. The van der Waals surface area contributed by atoms with Crippen LogP contribution in [0.5, 0.6) is 0 Å². The van der Waals surface area contributed by atoms with E-state index in [2.05, 4.69) is 21.2 Å². The summed E-state index contributed by atoms with van der Waals surface area (Å²) in [6, 6.07) is 5.85. The van der Waals surface area contributed by atoms with Crippen molar-refractivity contribution < 1.29 is 14.3 Å². The van der Waals surface area contributed by atoms with Crippen LogP contribution in [0, 0.1) is 5.82 Å². The van der Waals surface area contributed by atoms with Gasteiger partial charge < -0.3 is 15.0 Å². The number of rotatable bonds is 3. The Labute approximate surface area is 152 Å². The number of aromatic carboxylic acids is 1. The summed E-state index contributed by atoms with van der Waals surface area (Å²) in [5.41, 5.74) is 0.186. The highest BCUT2D eigenvalue weighted by Crippen LogP contribution is 2.39. The molecule has 0 aliphatic rings. The van der Waals surface area contributed by atoms with E-state index in [-0.39, 0.29) is 20.8 Å². The molecule has 0 fully saturated rings. The molecule has 3 aromatic rings. The molecule has 0 bridgehead atoms. The van der Waals surface area contributed by atoms with Crippen molar-refractivity contribution in [2.75, 3.05) is 5.32 Å². The number of hydrogen-bond acceptors (Lipinski definition) is 4. The van der Waals surface area contributed by atoms with Crippen LogP contribution >= 0.6 is 38.9 Å². The molecule has 24 heavy (non-hydrogen) atoms. The second-order valence-corrected chi connectivity index (χ2v) is 7.27. The normalized spacial score (nSPS) is 11.0. The maximum Gasteiger partial charge on any atom is 0.348 e. The van der Waals surface area contributed by atoms with Gasteiger partial charge in [-0.2, -0.15) is 0 Å². The molecule has 0 atom stereocenters. The molecule has 3 rings (SSSR count). The van der Waals surface area contributed by atoms with E-state index >= 15 is 0 Å².